The van der Waals surface area contributed by atoms with Crippen molar-refractivity contribution in [3.05, 3.63) is 47.2 Å². The minimum atomic E-state index is -0.919. The number of phenolic OH excluding ortho intramolecular Hbond substituents is 1. The van der Waals surface area contributed by atoms with Gasteiger partial charge in [0.05, 0.1) is 34.8 Å². The summed E-state index contributed by atoms with van der Waals surface area (Å²) in [6, 6.07) is 5.51. The number of pyridine rings is 1. The summed E-state index contributed by atoms with van der Waals surface area (Å²) in [4.78, 5) is 18.6. The number of nitrogens with zero attached hydrogens (tertiary/aromatic N) is 5. The summed E-state index contributed by atoms with van der Waals surface area (Å²) in [5, 5.41) is 11.8. The molecule has 3 atom stereocenters. The third-order valence-electron chi connectivity index (χ3n) is 9.93. The zero-order valence-corrected chi connectivity index (χ0v) is 24.7. The summed E-state index contributed by atoms with van der Waals surface area (Å²) in [5.74, 6) is 1.40. The maximum atomic E-state index is 17.0. The molecule has 1 N–H and O–H groups in total. The second kappa shape index (κ2) is 10.7. The highest BCUT2D eigenvalue weighted by Gasteiger charge is 2.49. The van der Waals surface area contributed by atoms with Crippen LogP contribution in [-0.4, -0.2) is 82.2 Å². The molecule has 3 saturated heterocycles. The number of anilines is 1. The number of aromatic nitrogens is 3. The van der Waals surface area contributed by atoms with Gasteiger partial charge in [0.1, 0.15) is 41.4 Å². The number of halogens is 3. The van der Waals surface area contributed by atoms with E-state index in [0.717, 1.165) is 25.8 Å². The van der Waals surface area contributed by atoms with E-state index in [1.54, 1.807) is 0 Å². The normalized spacial score (nSPS) is 24.7. The van der Waals surface area contributed by atoms with Crippen molar-refractivity contribution >= 4 is 27.5 Å². The standard InChI is InChI=1S/C34H32F3N5O3/c1-2-23-25(36)7-5-19-13-22(43)14-24(27(19)23)30-29(37)31-28-26(38-30)8-6-21-17-44-12-4-11-42(21)32(28)40-33(39-31)45-18-34-9-3-10-41(34)16-20(35)15-34/h1,5,7,13-14,20-21,43H,3-4,6,8-12,15-18H2/t20-,21?,34+/m1/s1. The minimum Gasteiger partial charge on any atom is -0.508 e. The Balaban J connectivity index is 1.33. The summed E-state index contributed by atoms with van der Waals surface area (Å²) in [6.07, 6.45) is 8.89. The molecule has 11 heteroatoms. The number of aryl methyl sites for hydroxylation is 1. The van der Waals surface area contributed by atoms with E-state index in [2.05, 4.69) is 20.7 Å². The Morgan fingerprint density at radius 2 is 2.02 bits per heavy atom. The van der Waals surface area contributed by atoms with E-state index in [9.17, 15) is 13.9 Å². The molecule has 0 radical (unpaired) electrons. The maximum absolute atomic E-state index is 17.0. The second-order valence-corrected chi connectivity index (χ2v) is 12.6. The van der Waals surface area contributed by atoms with Crippen LogP contribution in [0.3, 0.4) is 0 Å². The molecule has 0 bridgehead atoms. The monoisotopic (exact) mass is 615 g/mol. The number of aromatic hydroxyl groups is 1. The van der Waals surface area contributed by atoms with Crippen LogP contribution < -0.4 is 9.64 Å². The number of alkyl halides is 1. The van der Waals surface area contributed by atoms with Gasteiger partial charge in [-0.1, -0.05) is 12.0 Å². The largest absolute Gasteiger partial charge is 0.508 e. The van der Waals surface area contributed by atoms with Crippen LogP contribution in [0.2, 0.25) is 0 Å². The number of rotatable bonds is 4. The van der Waals surface area contributed by atoms with E-state index in [1.807, 2.05) is 0 Å². The lowest BCUT2D eigenvalue weighted by molar-refractivity contribution is 0.107. The van der Waals surface area contributed by atoms with Crippen molar-refractivity contribution in [3.63, 3.8) is 0 Å². The molecule has 2 aromatic carbocycles. The van der Waals surface area contributed by atoms with Crippen LogP contribution in [0.5, 0.6) is 11.8 Å². The first-order valence-electron chi connectivity index (χ1n) is 15.5. The molecule has 8 nitrogen and oxygen atoms in total. The number of hydrogen-bond donors (Lipinski definition) is 1. The third-order valence-corrected chi connectivity index (χ3v) is 9.93. The molecule has 1 unspecified atom stereocenters. The van der Waals surface area contributed by atoms with Crippen LogP contribution in [0.4, 0.5) is 19.0 Å². The summed E-state index contributed by atoms with van der Waals surface area (Å²) < 4.78 is 58.5. The van der Waals surface area contributed by atoms with Crippen molar-refractivity contribution in [2.24, 2.45) is 0 Å². The number of terminal acetylenes is 1. The van der Waals surface area contributed by atoms with Crippen LogP contribution >= 0.6 is 0 Å². The Kier molecular flexibility index (Phi) is 6.76. The molecule has 2 aromatic heterocycles. The van der Waals surface area contributed by atoms with Crippen LogP contribution in [0, 0.1) is 24.0 Å². The van der Waals surface area contributed by atoms with Crippen LogP contribution in [0.25, 0.3) is 32.9 Å². The molecule has 0 aliphatic carbocycles. The number of fused-ring (bicyclic) bond motifs is 4. The molecule has 6 heterocycles. The van der Waals surface area contributed by atoms with Crippen LogP contribution in [-0.2, 0) is 11.2 Å². The number of hydrogen-bond acceptors (Lipinski definition) is 8. The molecule has 232 valence electrons. The maximum Gasteiger partial charge on any atom is 0.319 e. The van der Waals surface area contributed by atoms with Crippen molar-refractivity contribution in [1.29, 1.82) is 0 Å². The molecular weight excluding hydrogens is 583 g/mol. The molecule has 0 saturated carbocycles. The van der Waals surface area contributed by atoms with Gasteiger partial charge in [-0.15, -0.1) is 6.42 Å². The van der Waals surface area contributed by atoms with Gasteiger partial charge in [-0.05, 0) is 62.2 Å². The first-order valence-corrected chi connectivity index (χ1v) is 15.5. The van der Waals surface area contributed by atoms with Gasteiger partial charge in [-0.25, -0.2) is 18.2 Å². The number of ether oxygens (including phenoxy) is 2. The molecule has 4 aliphatic rings. The quantitative estimate of drug-likeness (QED) is 0.310. The minimum absolute atomic E-state index is 0.00461. The van der Waals surface area contributed by atoms with E-state index in [1.165, 1.54) is 24.3 Å². The molecule has 8 rings (SSSR count). The van der Waals surface area contributed by atoms with Gasteiger partial charge in [0.2, 0.25) is 0 Å². The highest BCUT2D eigenvalue weighted by Crippen LogP contribution is 2.43. The Hall–Kier alpha value is -4.14. The first-order chi connectivity index (χ1) is 21.8. The Labute approximate surface area is 258 Å². The lowest BCUT2D eigenvalue weighted by Crippen LogP contribution is -2.43. The molecular formula is C34H32F3N5O3. The molecule has 3 fully saturated rings. The SMILES string of the molecule is C#Cc1c(F)ccc2cc(O)cc(-c3nc4c5c(nc(OC[C@@]67CCCN6C[C@H](F)C7)nc5c3F)N3CCCOCC3CC4)c12. The molecule has 0 spiro atoms. The topological polar surface area (TPSA) is 83.8 Å². The predicted octanol–water partition coefficient (Wildman–Crippen LogP) is 5.31. The fourth-order valence-electron chi connectivity index (χ4n) is 7.89. The van der Waals surface area contributed by atoms with E-state index in [-0.39, 0.29) is 52.1 Å². The number of phenols is 1. The highest BCUT2D eigenvalue weighted by atomic mass is 19.1. The highest BCUT2D eigenvalue weighted by molar-refractivity contribution is 6.03. The van der Waals surface area contributed by atoms with E-state index in [4.69, 9.17) is 25.9 Å². The van der Waals surface area contributed by atoms with E-state index >= 15 is 4.39 Å². The third kappa shape index (κ3) is 4.57. The van der Waals surface area contributed by atoms with Gasteiger partial charge in [0.25, 0.3) is 0 Å². The molecule has 0 amide bonds. The van der Waals surface area contributed by atoms with E-state index < -0.39 is 23.3 Å². The van der Waals surface area contributed by atoms with Crippen molar-refractivity contribution in [2.45, 2.75) is 56.3 Å². The fraction of sp³-hybridized carbons (Fsp3) is 0.441. The average Bonchev–Trinajstić information content (AvgIpc) is 3.38. The summed E-state index contributed by atoms with van der Waals surface area (Å²) in [5.41, 5.74) is 0.193. The Morgan fingerprint density at radius 3 is 2.89 bits per heavy atom. The first kappa shape index (κ1) is 28.3. The predicted molar refractivity (Wildman–Crippen MR) is 163 cm³/mol. The average molecular weight is 616 g/mol. The van der Waals surface area contributed by atoms with Gasteiger partial charge >= 0.3 is 6.01 Å². The van der Waals surface area contributed by atoms with Gasteiger partial charge in [-0.2, -0.15) is 9.97 Å². The summed E-state index contributed by atoms with van der Waals surface area (Å²) in [7, 11) is 0. The van der Waals surface area contributed by atoms with Crippen molar-refractivity contribution in [1.82, 2.24) is 19.9 Å². The molecule has 4 aliphatic heterocycles. The van der Waals surface area contributed by atoms with Crippen molar-refractivity contribution < 1.29 is 27.8 Å². The lowest BCUT2D eigenvalue weighted by atomic mass is 9.95. The summed E-state index contributed by atoms with van der Waals surface area (Å²) in [6.45, 7) is 3.15. The Bertz CT molecular complexity index is 1900. The molecule has 45 heavy (non-hydrogen) atoms. The van der Waals surface area contributed by atoms with Gasteiger partial charge in [-0.3, -0.25) is 4.90 Å². The van der Waals surface area contributed by atoms with Gasteiger partial charge < -0.3 is 19.5 Å². The Morgan fingerprint density at radius 1 is 1.13 bits per heavy atom. The van der Waals surface area contributed by atoms with E-state index in [0.29, 0.717) is 67.8 Å². The molecule has 4 aromatic rings. The van der Waals surface area contributed by atoms with Gasteiger partial charge in [0, 0.05) is 37.1 Å². The smallest absolute Gasteiger partial charge is 0.319 e. The number of benzene rings is 2. The summed E-state index contributed by atoms with van der Waals surface area (Å²) >= 11 is 0. The fourth-order valence-corrected chi connectivity index (χ4v) is 7.89. The van der Waals surface area contributed by atoms with Crippen molar-refractivity contribution in [2.75, 3.05) is 44.4 Å². The van der Waals surface area contributed by atoms with Crippen molar-refractivity contribution in [3.8, 4) is 35.4 Å². The second-order valence-electron chi connectivity index (χ2n) is 12.6. The van der Waals surface area contributed by atoms with Gasteiger partial charge in [0.15, 0.2) is 5.82 Å². The zero-order chi connectivity index (χ0) is 30.9. The lowest BCUT2D eigenvalue weighted by Gasteiger charge is -2.31. The zero-order valence-electron chi connectivity index (χ0n) is 24.7. The van der Waals surface area contributed by atoms with Crippen LogP contribution in [0.15, 0.2) is 24.3 Å². The van der Waals surface area contributed by atoms with Crippen LogP contribution in [0.1, 0.15) is 43.4 Å².